The van der Waals surface area contributed by atoms with Crippen molar-refractivity contribution >= 4 is 5.91 Å². The molecule has 0 bridgehead atoms. The number of pyridine rings is 1. The van der Waals surface area contributed by atoms with Crippen LogP contribution in [0.1, 0.15) is 10.4 Å². The summed E-state index contributed by atoms with van der Waals surface area (Å²) in [6, 6.07) is 9.28. The first kappa shape index (κ1) is 24.8. The molecule has 2 heterocycles. The summed E-state index contributed by atoms with van der Waals surface area (Å²) in [4.78, 5) is 29.5. The Labute approximate surface area is 189 Å². The number of hydrogen-bond donors (Lipinski definition) is 1. The molecule has 0 fully saturated rings. The fraction of sp³-hybridized carbons (Fsp3) is 0.238. The Balaban J connectivity index is 2.02. The van der Waals surface area contributed by atoms with Gasteiger partial charge < -0.3 is 14.8 Å². The third kappa shape index (κ3) is 5.92. The number of rotatable bonds is 8. The zero-order valence-electron chi connectivity index (χ0n) is 17.4. The minimum absolute atomic E-state index is 0.0660. The second-order valence-electron chi connectivity index (χ2n) is 6.75. The molecule has 3 rings (SSSR count). The van der Waals surface area contributed by atoms with E-state index in [4.69, 9.17) is 0 Å². The Kier molecular flexibility index (Phi) is 7.56. The zero-order chi connectivity index (χ0) is 24.9. The molecule has 0 radical (unpaired) electrons. The molecular weight excluding hydrogens is 467 g/mol. The molecule has 0 aliphatic heterocycles. The average Bonchev–Trinajstić information content (AvgIpc) is 2.79. The van der Waals surface area contributed by atoms with Gasteiger partial charge in [0.1, 0.15) is 11.3 Å². The summed E-state index contributed by atoms with van der Waals surface area (Å²) >= 11 is 0. The van der Waals surface area contributed by atoms with Crippen molar-refractivity contribution in [2.75, 3.05) is 13.7 Å². The van der Waals surface area contributed by atoms with E-state index in [0.717, 1.165) is 17.9 Å². The van der Waals surface area contributed by atoms with E-state index in [1.54, 1.807) is 0 Å². The van der Waals surface area contributed by atoms with Gasteiger partial charge >= 0.3 is 12.8 Å². The topological polar surface area (TPSA) is 95.3 Å². The van der Waals surface area contributed by atoms with Gasteiger partial charge in [0.2, 0.25) is 0 Å². The summed E-state index contributed by atoms with van der Waals surface area (Å²) in [6.45, 7) is -3.96. The molecule has 34 heavy (non-hydrogen) atoms. The quantitative estimate of drug-likeness (QED) is 0.494. The standard InChI is InChI=1S/C21H17F5N4O4/c1-33-17(21(24,25)26)11-28-18(31)15-9-16(12-4-6-14(7-5-12)34-20(22)23)29-30(19(15)32)13-3-2-8-27-10-13/h2-10,17,20H,11H2,1H3,(H,28,31). The molecule has 0 saturated heterocycles. The van der Waals surface area contributed by atoms with Gasteiger partial charge in [-0.3, -0.25) is 14.6 Å². The molecule has 0 aliphatic rings. The van der Waals surface area contributed by atoms with E-state index in [0.29, 0.717) is 5.56 Å². The molecule has 1 atom stereocenters. The number of halogens is 5. The third-order valence-corrected chi connectivity index (χ3v) is 4.52. The van der Waals surface area contributed by atoms with Gasteiger partial charge in [0.05, 0.1) is 24.1 Å². The molecule has 8 nitrogen and oxygen atoms in total. The van der Waals surface area contributed by atoms with Crippen LogP contribution in [0.2, 0.25) is 0 Å². The molecule has 0 spiro atoms. The fourth-order valence-corrected chi connectivity index (χ4v) is 2.87. The minimum atomic E-state index is -4.73. The van der Waals surface area contributed by atoms with Crippen molar-refractivity contribution in [3.63, 3.8) is 0 Å². The highest BCUT2D eigenvalue weighted by Gasteiger charge is 2.40. The van der Waals surface area contributed by atoms with Gasteiger partial charge in [0.15, 0.2) is 6.10 Å². The van der Waals surface area contributed by atoms with Crippen LogP contribution in [0.15, 0.2) is 59.7 Å². The Hall–Kier alpha value is -3.87. The number of hydrogen-bond acceptors (Lipinski definition) is 6. The van der Waals surface area contributed by atoms with E-state index in [2.05, 4.69) is 19.6 Å². The Bertz CT molecular complexity index is 1180. The van der Waals surface area contributed by atoms with E-state index in [-0.39, 0.29) is 17.1 Å². The number of amides is 1. The van der Waals surface area contributed by atoms with Gasteiger partial charge in [-0.1, -0.05) is 0 Å². The van der Waals surface area contributed by atoms with Crippen LogP contribution in [0.4, 0.5) is 22.0 Å². The summed E-state index contributed by atoms with van der Waals surface area (Å²) in [6.07, 6.45) is -4.27. The van der Waals surface area contributed by atoms with Crippen LogP contribution < -0.4 is 15.6 Å². The van der Waals surface area contributed by atoms with E-state index in [1.807, 2.05) is 5.32 Å². The fourth-order valence-electron chi connectivity index (χ4n) is 2.87. The number of benzene rings is 1. The zero-order valence-corrected chi connectivity index (χ0v) is 17.4. The molecule has 0 aliphatic carbocycles. The largest absolute Gasteiger partial charge is 0.435 e. The number of nitrogens with zero attached hydrogens (tertiary/aromatic N) is 3. The molecule has 1 amide bonds. The first-order chi connectivity index (χ1) is 16.1. The number of carbonyl (C=O) groups is 1. The van der Waals surface area contributed by atoms with Gasteiger partial charge in [-0.15, -0.1) is 0 Å². The molecule has 13 heteroatoms. The second kappa shape index (κ2) is 10.4. The number of methoxy groups -OCH3 is 1. The number of alkyl halides is 5. The Morgan fingerprint density at radius 3 is 2.44 bits per heavy atom. The molecule has 0 saturated carbocycles. The van der Waals surface area contributed by atoms with Crippen molar-refractivity contribution in [1.82, 2.24) is 20.1 Å². The smallest absolute Gasteiger partial charge is 0.416 e. The van der Waals surface area contributed by atoms with Crippen LogP contribution in [0.25, 0.3) is 16.9 Å². The number of ether oxygens (including phenoxy) is 2. The first-order valence-corrected chi connectivity index (χ1v) is 9.58. The highest BCUT2D eigenvalue weighted by atomic mass is 19.4. The maximum atomic E-state index is 12.9. The van der Waals surface area contributed by atoms with Gasteiger partial charge in [-0.2, -0.15) is 31.7 Å². The average molecular weight is 484 g/mol. The molecule has 180 valence electrons. The minimum Gasteiger partial charge on any atom is -0.435 e. The first-order valence-electron chi connectivity index (χ1n) is 9.58. The summed E-state index contributed by atoms with van der Waals surface area (Å²) in [5.74, 6) is -1.22. The normalized spacial score (nSPS) is 12.4. The van der Waals surface area contributed by atoms with E-state index < -0.39 is 42.5 Å². The summed E-state index contributed by atoms with van der Waals surface area (Å²) in [7, 11) is 0.839. The summed E-state index contributed by atoms with van der Waals surface area (Å²) in [5, 5.41) is 6.23. The molecule has 1 N–H and O–H groups in total. The number of aromatic nitrogens is 3. The van der Waals surface area contributed by atoms with Crippen LogP contribution in [0.5, 0.6) is 5.75 Å². The van der Waals surface area contributed by atoms with Crippen molar-refractivity contribution in [1.29, 1.82) is 0 Å². The van der Waals surface area contributed by atoms with E-state index >= 15 is 0 Å². The highest BCUT2D eigenvalue weighted by molar-refractivity contribution is 5.94. The summed E-state index contributed by atoms with van der Waals surface area (Å²) < 4.78 is 73.0. The van der Waals surface area contributed by atoms with Gasteiger partial charge in [0, 0.05) is 18.9 Å². The predicted octanol–water partition coefficient (Wildman–Crippen LogP) is 3.20. The van der Waals surface area contributed by atoms with E-state index in [1.165, 1.54) is 48.8 Å². The lowest BCUT2D eigenvalue weighted by Crippen LogP contribution is -2.43. The van der Waals surface area contributed by atoms with Crippen molar-refractivity contribution in [3.05, 3.63) is 70.8 Å². The Morgan fingerprint density at radius 2 is 1.88 bits per heavy atom. The number of nitrogens with one attached hydrogen (secondary N) is 1. The molecule has 1 unspecified atom stereocenters. The Morgan fingerprint density at radius 1 is 1.18 bits per heavy atom. The third-order valence-electron chi connectivity index (χ3n) is 4.52. The molecule has 1 aromatic carbocycles. The lowest BCUT2D eigenvalue weighted by molar-refractivity contribution is -0.210. The molecule has 3 aromatic rings. The monoisotopic (exact) mass is 484 g/mol. The van der Waals surface area contributed by atoms with Gasteiger partial charge in [0.25, 0.3) is 11.5 Å². The second-order valence-corrected chi connectivity index (χ2v) is 6.75. The van der Waals surface area contributed by atoms with Gasteiger partial charge in [-0.25, -0.2) is 0 Å². The highest BCUT2D eigenvalue weighted by Crippen LogP contribution is 2.23. The van der Waals surface area contributed by atoms with Crippen LogP contribution in [-0.4, -0.2) is 53.2 Å². The predicted molar refractivity (Wildman–Crippen MR) is 109 cm³/mol. The maximum absolute atomic E-state index is 12.9. The molecule has 2 aromatic heterocycles. The number of carbonyl (C=O) groups excluding carboxylic acids is 1. The van der Waals surface area contributed by atoms with Crippen LogP contribution in [0.3, 0.4) is 0 Å². The van der Waals surface area contributed by atoms with Gasteiger partial charge in [-0.05, 0) is 42.5 Å². The van der Waals surface area contributed by atoms with Crippen molar-refractivity contribution < 1.29 is 36.2 Å². The van der Waals surface area contributed by atoms with Crippen LogP contribution in [-0.2, 0) is 4.74 Å². The van der Waals surface area contributed by atoms with Crippen LogP contribution in [0, 0.1) is 0 Å². The van der Waals surface area contributed by atoms with Crippen molar-refractivity contribution in [3.8, 4) is 22.7 Å². The summed E-state index contributed by atoms with van der Waals surface area (Å²) in [5.41, 5.74) is -0.840. The molecular formula is C21H17F5N4O4. The van der Waals surface area contributed by atoms with Crippen molar-refractivity contribution in [2.24, 2.45) is 0 Å². The van der Waals surface area contributed by atoms with Crippen molar-refractivity contribution in [2.45, 2.75) is 18.9 Å². The maximum Gasteiger partial charge on any atom is 0.416 e. The SMILES string of the molecule is COC(CNC(=O)c1cc(-c2ccc(OC(F)F)cc2)nn(-c2cccnc2)c1=O)C(F)(F)F. The lowest BCUT2D eigenvalue weighted by Gasteiger charge is -2.19. The van der Waals surface area contributed by atoms with Crippen LogP contribution >= 0.6 is 0 Å². The lowest BCUT2D eigenvalue weighted by atomic mass is 10.1. The van der Waals surface area contributed by atoms with E-state index in [9.17, 15) is 31.5 Å².